The molecule has 4 rings (SSSR count). The van der Waals surface area contributed by atoms with E-state index in [0.29, 0.717) is 18.5 Å². The summed E-state index contributed by atoms with van der Waals surface area (Å²) >= 11 is 0. The van der Waals surface area contributed by atoms with Gasteiger partial charge in [0, 0.05) is 36.5 Å². The third kappa shape index (κ3) is 3.96. The molecule has 7 heteroatoms. The molecule has 2 aromatic heterocycles. The molecule has 1 atom stereocenters. The van der Waals surface area contributed by atoms with Crippen LogP contribution in [0.2, 0.25) is 0 Å². The summed E-state index contributed by atoms with van der Waals surface area (Å²) in [6.07, 6.45) is 3.74. The van der Waals surface area contributed by atoms with Gasteiger partial charge in [0.15, 0.2) is 0 Å². The first-order valence-electron chi connectivity index (χ1n) is 10.0. The summed E-state index contributed by atoms with van der Waals surface area (Å²) < 4.78 is 8.89. The average Bonchev–Trinajstić information content (AvgIpc) is 3.32. The second-order valence-electron chi connectivity index (χ2n) is 7.58. The summed E-state index contributed by atoms with van der Waals surface area (Å²) in [4.78, 5) is 25.3. The number of nitrogens with one attached hydrogen (secondary N) is 1. The predicted octanol–water partition coefficient (Wildman–Crippen LogP) is 2.16. The zero-order valence-electron chi connectivity index (χ0n) is 16.9. The summed E-state index contributed by atoms with van der Waals surface area (Å²) in [5, 5.41) is 8.55. The Morgan fingerprint density at radius 2 is 2.03 bits per heavy atom. The molecular formula is C22H26N4O3. The van der Waals surface area contributed by atoms with Crippen molar-refractivity contribution in [2.45, 2.75) is 45.9 Å². The van der Waals surface area contributed by atoms with Crippen molar-refractivity contribution in [2.75, 3.05) is 13.2 Å². The SMILES string of the molecule is Cc1c2cnn(CC(=O)NC[C@H]3CCCO3)c(=O)c2c(C)n1Cc1ccccc1. The van der Waals surface area contributed by atoms with Crippen molar-refractivity contribution < 1.29 is 9.53 Å². The molecule has 1 aromatic carbocycles. The van der Waals surface area contributed by atoms with Gasteiger partial charge in [-0.05, 0) is 32.3 Å². The van der Waals surface area contributed by atoms with E-state index in [1.54, 1.807) is 6.20 Å². The van der Waals surface area contributed by atoms with Crippen LogP contribution in [0.3, 0.4) is 0 Å². The second kappa shape index (κ2) is 8.21. The van der Waals surface area contributed by atoms with E-state index in [2.05, 4.69) is 27.1 Å². The number of amides is 1. The normalized spacial score (nSPS) is 16.4. The van der Waals surface area contributed by atoms with Crippen LogP contribution in [-0.4, -0.2) is 39.5 Å². The van der Waals surface area contributed by atoms with Crippen molar-refractivity contribution in [1.82, 2.24) is 19.7 Å². The van der Waals surface area contributed by atoms with Gasteiger partial charge in [0.25, 0.3) is 5.56 Å². The molecule has 0 bridgehead atoms. The van der Waals surface area contributed by atoms with Gasteiger partial charge in [0.2, 0.25) is 5.91 Å². The van der Waals surface area contributed by atoms with Gasteiger partial charge in [-0.1, -0.05) is 30.3 Å². The number of aromatic nitrogens is 3. The lowest BCUT2D eigenvalue weighted by atomic mass is 10.2. The highest BCUT2D eigenvalue weighted by molar-refractivity contribution is 5.87. The number of hydrogen-bond acceptors (Lipinski definition) is 4. The largest absolute Gasteiger partial charge is 0.376 e. The third-order valence-corrected chi connectivity index (χ3v) is 5.63. The van der Waals surface area contributed by atoms with Crippen molar-refractivity contribution >= 4 is 16.7 Å². The van der Waals surface area contributed by atoms with E-state index in [0.717, 1.165) is 36.2 Å². The second-order valence-corrected chi connectivity index (χ2v) is 7.58. The third-order valence-electron chi connectivity index (χ3n) is 5.63. The molecule has 1 aliphatic heterocycles. The Kier molecular flexibility index (Phi) is 5.49. The van der Waals surface area contributed by atoms with Gasteiger partial charge in [-0.3, -0.25) is 9.59 Å². The number of ether oxygens (including phenoxy) is 1. The highest BCUT2D eigenvalue weighted by atomic mass is 16.5. The quantitative estimate of drug-likeness (QED) is 0.695. The smallest absolute Gasteiger partial charge is 0.276 e. The standard InChI is InChI=1S/C22H26N4O3/c1-15-19-12-24-26(14-20(27)23-11-18-9-6-10-29-18)22(28)21(19)16(2)25(15)13-17-7-4-3-5-8-17/h3-5,7-8,12,18H,6,9-11,13-14H2,1-2H3,(H,23,27)/t18-/m1/s1. The van der Waals surface area contributed by atoms with E-state index in [1.807, 2.05) is 32.0 Å². The number of rotatable bonds is 6. The molecule has 1 aliphatic rings. The molecule has 7 nitrogen and oxygen atoms in total. The first-order chi connectivity index (χ1) is 14.0. The fourth-order valence-corrected chi connectivity index (χ4v) is 3.99. The van der Waals surface area contributed by atoms with Crippen LogP contribution in [0.25, 0.3) is 10.8 Å². The van der Waals surface area contributed by atoms with Crippen LogP contribution in [0, 0.1) is 13.8 Å². The summed E-state index contributed by atoms with van der Waals surface area (Å²) in [5.74, 6) is -0.229. The van der Waals surface area contributed by atoms with Crippen LogP contribution in [0.15, 0.2) is 41.3 Å². The fourth-order valence-electron chi connectivity index (χ4n) is 3.99. The van der Waals surface area contributed by atoms with Crippen LogP contribution in [0.1, 0.15) is 29.8 Å². The molecule has 29 heavy (non-hydrogen) atoms. The minimum atomic E-state index is -0.234. The Hall–Kier alpha value is -2.93. The zero-order chi connectivity index (χ0) is 20.4. The Labute approximate surface area is 169 Å². The molecule has 1 amide bonds. The lowest BCUT2D eigenvalue weighted by Gasteiger charge is -2.11. The Balaban J connectivity index is 1.57. The van der Waals surface area contributed by atoms with E-state index in [1.165, 1.54) is 10.2 Å². The lowest BCUT2D eigenvalue weighted by Crippen LogP contribution is -2.37. The highest BCUT2D eigenvalue weighted by Gasteiger charge is 2.19. The van der Waals surface area contributed by atoms with E-state index in [9.17, 15) is 9.59 Å². The van der Waals surface area contributed by atoms with Crippen LogP contribution in [0.5, 0.6) is 0 Å². The van der Waals surface area contributed by atoms with Gasteiger partial charge in [0.1, 0.15) is 6.54 Å². The minimum Gasteiger partial charge on any atom is -0.376 e. The Morgan fingerprint density at radius 3 is 2.76 bits per heavy atom. The van der Waals surface area contributed by atoms with Crippen molar-refractivity contribution in [3.05, 3.63) is 63.8 Å². The summed E-state index contributed by atoms with van der Waals surface area (Å²) in [7, 11) is 0. The topological polar surface area (TPSA) is 78.2 Å². The zero-order valence-corrected chi connectivity index (χ0v) is 16.9. The summed E-state index contributed by atoms with van der Waals surface area (Å²) in [5.41, 5.74) is 2.83. The number of nitrogens with zero attached hydrogens (tertiary/aromatic N) is 3. The molecular weight excluding hydrogens is 368 g/mol. The van der Waals surface area contributed by atoms with Gasteiger partial charge < -0.3 is 14.6 Å². The van der Waals surface area contributed by atoms with E-state index < -0.39 is 0 Å². The van der Waals surface area contributed by atoms with Crippen molar-refractivity contribution in [1.29, 1.82) is 0 Å². The predicted molar refractivity (Wildman–Crippen MR) is 111 cm³/mol. The van der Waals surface area contributed by atoms with E-state index in [-0.39, 0.29) is 24.1 Å². The molecule has 152 valence electrons. The summed E-state index contributed by atoms with van der Waals surface area (Å²) in [6, 6.07) is 10.1. The van der Waals surface area contributed by atoms with Crippen molar-refractivity contribution in [3.8, 4) is 0 Å². The van der Waals surface area contributed by atoms with Gasteiger partial charge in [-0.15, -0.1) is 0 Å². The number of carbonyl (C=O) groups is 1. The molecule has 1 saturated heterocycles. The maximum atomic E-state index is 13.0. The molecule has 3 heterocycles. The highest BCUT2D eigenvalue weighted by Crippen LogP contribution is 2.23. The summed E-state index contributed by atoms with van der Waals surface area (Å²) in [6.45, 7) is 5.76. The number of hydrogen-bond donors (Lipinski definition) is 1. The first-order valence-corrected chi connectivity index (χ1v) is 10.0. The molecule has 0 saturated carbocycles. The molecule has 0 aliphatic carbocycles. The van der Waals surface area contributed by atoms with Gasteiger partial charge in [0.05, 0.1) is 17.7 Å². The number of aryl methyl sites for hydroxylation is 2. The number of fused-ring (bicyclic) bond motifs is 1. The van der Waals surface area contributed by atoms with Crippen molar-refractivity contribution in [2.24, 2.45) is 0 Å². The first kappa shape index (κ1) is 19.4. The fraction of sp³-hybridized carbons (Fsp3) is 0.409. The molecule has 0 unspecified atom stereocenters. The Bertz CT molecular complexity index is 1080. The van der Waals surface area contributed by atoms with E-state index >= 15 is 0 Å². The number of carbonyl (C=O) groups excluding carboxylic acids is 1. The van der Waals surface area contributed by atoms with Crippen molar-refractivity contribution in [3.63, 3.8) is 0 Å². The molecule has 0 radical (unpaired) electrons. The molecule has 0 spiro atoms. The maximum Gasteiger partial charge on any atom is 0.276 e. The monoisotopic (exact) mass is 394 g/mol. The van der Waals surface area contributed by atoms with Crippen LogP contribution in [-0.2, 0) is 22.6 Å². The Morgan fingerprint density at radius 1 is 1.24 bits per heavy atom. The van der Waals surface area contributed by atoms with Gasteiger partial charge >= 0.3 is 0 Å². The van der Waals surface area contributed by atoms with Crippen LogP contribution >= 0.6 is 0 Å². The maximum absolute atomic E-state index is 13.0. The minimum absolute atomic E-state index is 0.0722. The molecule has 1 N–H and O–H groups in total. The number of benzene rings is 1. The van der Waals surface area contributed by atoms with Crippen LogP contribution < -0.4 is 10.9 Å². The molecule has 1 fully saturated rings. The van der Waals surface area contributed by atoms with Gasteiger partial charge in [-0.2, -0.15) is 5.10 Å². The van der Waals surface area contributed by atoms with Crippen LogP contribution in [0.4, 0.5) is 0 Å². The lowest BCUT2D eigenvalue weighted by molar-refractivity contribution is -0.122. The van der Waals surface area contributed by atoms with Gasteiger partial charge in [-0.25, -0.2) is 4.68 Å². The average molecular weight is 394 g/mol. The van der Waals surface area contributed by atoms with E-state index in [4.69, 9.17) is 4.74 Å². The molecule has 3 aromatic rings.